The average Bonchev–Trinajstić information content (AvgIpc) is 2.47. The lowest BCUT2D eigenvalue weighted by atomic mass is 9.99. The molecular formula is C18H27NO2. The van der Waals surface area contributed by atoms with Gasteiger partial charge in [-0.3, -0.25) is 4.79 Å². The van der Waals surface area contributed by atoms with E-state index in [-0.39, 0.29) is 5.91 Å². The van der Waals surface area contributed by atoms with Crippen LogP contribution in [-0.4, -0.2) is 29.0 Å². The fourth-order valence-corrected chi connectivity index (χ4v) is 2.83. The minimum absolute atomic E-state index is 0.188. The number of hydrogen-bond acceptors (Lipinski definition) is 2. The van der Waals surface area contributed by atoms with E-state index in [4.69, 9.17) is 0 Å². The van der Waals surface area contributed by atoms with Crippen LogP contribution in [0.2, 0.25) is 0 Å². The molecule has 0 bridgehead atoms. The molecule has 1 heterocycles. The highest BCUT2D eigenvalue weighted by atomic mass is 16.3. The van der Waals surface area contributed by atoms with Gasteiger partial charge in [0, 0.05) is 13.0 Å². The Kier molecular flexibility index (Phi) is 5.80. The standard InChI is InChI=1S/C18H27NO2/c1-14(2)15-8-10-16(11-9-15)17(20)13-19-12-6-4-3-5-7-18(19)21/h8-11,14,17,20H,3-7,12-13H2,1-2H3. The van der Waals surface area contributed by atoms with E-state index in [9.17, 15) is 9.90 Å². The molecule has 1 aromatic carbocycles. The number of rotatable bonds is 4. The number of β-amino-alcohol motifs (C(OH)–C–C–N with tert-alkyl or cyclic N) is 1. The highest BCUT2D eigenvalue weighted by Crippen LogP contribution is 2.21. The van der Waals surface area contributed by atoms with Crippen LogP contribution in [0.25, 0.3) is 0 Å². The summed E-state index contributed by atoms with van der Waals surface area (Å²) in [5.74, 6) is 0.680. The molecule has 0 aromatic heterocycles. The molecule has 1 amide bonds. The Hall–Kier alpha value is -1.35. The summed E-state index contributed by atoms with van der Waals surface area (Å²) in [4.78, 5) is 13.9. The van der Waals surface area contributed by atoms with Gasteiger partial charge in [-0.2, -0.15) is 0 Å². The molecule has 0 radical (unpaired) electrons. The van der Waals surface area contributed by atoms with Crippen LogP contribution in [-0.2, 0) is 4.79 Å². The normalized spacial score (nSPS) is 18.5. The van der Waals surface area contributed by atoms with E-state index in [0.717, 1.165) is 31.4 Å². The lowest BCUT2D eigenvalue weighted by molar-refractivity contribution is -0.133. The molecule has 1 aliphatic heterocycles. The van der Waals surface area contributed by atoms with Crippen molar-refractivity contribution < 1.29 is 9.90 Å². The van der Waals surface area contributed by atoms with Crippen molar-refractivity contribution in [1.29, 1.82) is 0 Å². The summed E-state index contributed by atoms with van der Waals surface area (Å²) in [6.07, 6.45) is 4.40. The number of hydrogen-bond donors (Lipinski definition) is 1. The van der Waals surface area contributed by atoms with Crippen LogP contribution in [0.5, 0.6) is 0 Å². The number of aliphatic hydroxyl groups is 1. The van der Waals surface area contributed by atoms with Gasteiger partial charge in [-0.15, -0.1) is 0 Å². The summed E-state index contributed by atoms with van der Waals surface area (Å²) in [5.41, 5.74) is 2.17. The van der Waals surface area contributed by atoms with Gasteiger partial charge in [0.2, 0.25) is 5.91 Å². The van der Waals surface area contributed by atoms with E-state index in [1.165, 1.54) is 12.0 Å². The lowest BCUT2D eigenvalue weighted by Gasteiger charge is -2.27. The number of carbonyl (C=O) groups is 1. The molecule has 1 N–H and O–H groups in total. The molecule has 0 spiro atoms. The number of likely N-dealkylation sites (tertiary alicyclic amines) is 1. The second-order valence-corrected chi connectivity index (χ2v) is 6.34. The summed E-state index contributed by atoms with van der Waals surface area (Å²) in [7, 11) is 0. The van der Waals surface area contributed by atoms with Gasteiger partial charge in [0.15, 0.2) is 0 Å². The van der Waals surface area contributed by atoms with Gasteiger partial charge in [0.05, 0.1) is 12.6 Å². The van der Waals surface area contributed by atoms with Crippen LogP contribution in [0.3, 0.4) is 0 Å². The molecule has 21 heavy (non-hydrogen) atoms. The number of benzene rings is 1. The van der Waals surface area contributed by atoms with E-state index in [1.54, 1.807) is 0 Å². The molecule has 3 nitrogen and oxygen atoms in total. The van der Waals surface area contributed by atoms with Crippen molar-refractivity contribution in [2.24, 2.45) is 0 Å². The van der Waals surface area contributed by atoms with Gasteiger partial charge < -0.3 is 10.0 Å². The van der Waals surface area contributed by atoms with Crippen molar-refractivity contribution in [3.05, 3.63) is 35.4 Å². The predicted octanol–water partition coefficient (Wildman–Crippen LogP) is 3.64. The Bertz CT molecular complexity index is 453. The second-order valence-electron chi connectivity index (χ2n) is 6.34. The molecule has 1 aliphatic rings. The SMILES string of the molecule is CC(C)c1ccc(C(O)CN2CCCCCCC2=O)cc1. The second kappa shape index (κ2) is 7.60. The third-order valence-electron chi connectivity index (χ3n) is 4.30. The van der Waals surface area contributed by atoms with Gasteiger partial charge in [0.25, 0.3) is 0 Å². The first-order chi connectivity index (χ1) is 10.1. The molecule has 1 unspecified atom stereocenters. The van der Waals surface area contributed by atoms with Crippen LogP contribution in [0.1, 0.15) is 69.1 Å². The third kappa shape index (κ3) is 4.57. The van der Waals surface area contributed by atoms with Gasteiger partial charge in [0.1, 0.15) is 0 Å². The molecule has 3 heteroatoms. The number of nitrogens with zero attached hydrogens (tertiary/aromatic N) is 1. The first-order valence-electron chi connectivity index (χ1n) is 8.13. The Morgan fingerprint density at radius 2 is 1.67 bits per heavy atom. The lowest BCUT2D eigenvalue weighted by Crippen LogP contribution is -2.36. The van der Waals surface area contributed by atoms with Crippen LogP contribution in [0.4, 0.5) is 0 Å². The minimum Gasteiger partial charge on any atom is -0.387 e. The number of carbonyl (C=O) groups excluding carboxylic acids is 1. The maximum atomic E-state index is 12.1. The van der Waals surface area contributed by atoms with E-state index >= 15 is 0 Å². The zero-order valence-electron chi connectivity index (χ0n) is 13.2. The zero-order chi connectivity index (χ0) is 15.2. The Morgan fingerprint density at radius 3 is 2.33 bits per heavy atom. The monoisotopic (exact) mass is 289 g/mol. The molecule has 2 rings (SSSR count). The fourth-order valence-electron chi connectivity index (χ4n) is 2.83. The number of aliphatic hydroxyl groups excluding tert-OH is 1. The van der Waals surface area contributed by atoms with Crippen LogP contribution < -0.4 is 0 Å². The van der Waals surface area contributed by atoms with Crippen molar-refractivity contribution in [2.45, 2.75) is 58.0 Å². The number of amides is 1. The Balaban J connectivity index is 1.98. The summed E-state index contributed by atoms with van der Waals surface area (Å²) in [6, 6.07) is 8.10. The van der Waals surface area contributed by atoms with Crippen molar-refractivity contribution in [2.75, 3.05) is 13.1 Å². The third-order valence-corrected chi connectivity index (χ3v) is 4.30. The molecule has 116 valence electrons. The first kappa shape index (κ1) is 16.0. The van der Waals surface area contributed by atoms with Crippen molar-refractivity contribution in [1.82, 2.24) is 4.90 Å². The molecule has 0 aliphatic carbocycles. The van der Waals surface area contributed by atoms with Crippen LogP contribution in [0, 0.1) is 0 Å². The molecule has 1 aromatic rings. The van der Waals surface area contributed by atoms with Gasteiger partial charge in [-0.1, -0.05) is 51.0 Å². The van der Waals surface area contributed by atoms with Crippen LogP contribution in [0.15, 0.2) is 24.3 Å². The smallest absolute Gasteiger partial charge is 0.222 e. The zero-order valence-corrected chi connectivity index (χ0v) is 13.2. The Labute approximate surface area is 128 Å². The Morgan fingerprint density at radius 1 is 1.05 bits per heavy atom. The van der Waals surface area contributed by atoms with E-state index in [2.05, 4.69) is 26.0 Å². The maximum absolute atomic E-state index is 12.1. The predicted molar refractivity (Wildman–Crippen MR) is 85.2 cm³/mol. The fraction of sp³-hybridized carbons (Fsp3) is 0.611. The van der Waals surface area contributed by atoms with Crippen molar-refractivity contribution in [3.63, 3.8) is 0 Å². The van der Waals surface area contributed by atoms with E-state index in [1.807, 2.05) is 17.0 Å². The summed E-state index contributed by atoms with van der Waals surface area (Å²) in [6.45, 7) is 5.51. The molecule has 1 fully saturated rings. The summed E-state index contributed by atoms with van der Waals surface area (Å²) >= 11 is 0. The van der Waals surface area contributed by atoms with Crippen molar-refractivity contribution >= 4 is 5.91 Å². The molecule has 0 saturated carbocycles. The van der Waals surface area contributed by atoms with E-state index in [0.29, 0.717) is 18.9 Å². The van der Waals surface area contributed by atoms with E-state index < -0.39 is 6.10 Å². The summed E-state index contributed by atoms with van der Waals surface area (Å²) < 4.78 is 0. The highest BCUT2D eigenvalue weighted by molar-refractivity contribution is 5.76. The van der Waals surface area contributed by atoms with Gasteiger partial charge in [-0.25, -0.2) is 0 Å². The van der Waals surface area contributed by atoms with Crippen LogP contribution >= 0.6 is 0 Å². The topological polar surface area (TPSA) is 40.5 Å². The van der Waals surface area contributed by atoms with Crippen molar-refractivity contribution in [3.8, 4) is 0 Å². The average molecular weight is 289 g/mol. The molecular weight excluding hydrogens is 262 g/mol. The quantitative estimate of drug-likeness (QED) is 0.919. The maximum Gasteiger partial charge on any atom is 0.222 e. The first-order valence-corrected chi connectivity index (χ1v) is 8.13. The largest absolute Gasteiger partial charge is 0.387 e. The molecule has 1 atom stereocenters. The highest BCUT2D eigenvalue weighted by Gasteiger charge is 2.19. The minimum atomic E-state index is -0.588. The molecule has 1 saturated heterocycles. The van der Waals surface area contributed by atoms with Gasteiger partial charge in [-0.05, 0) is 29.9 Å². The van der Waals surface area contributed by atoms with Gasteiger partial charge >= 0.3 is 0 Å². The summed E-state index contributed by atoms with van der Waals surface area (Å²) in [5, 5.41) is 10.4.